The van der Waals surface area contributed by atoms with Gasteiger partial charge >= 0.3 is 5.97 Å². The maximum absolute atomic E-state index is 12.5. The van der Waals surface area contributed by atoms with E-state index in [1.54, 1.807) is 6.07 Å². The zero-order valence-corrected chi connectivity index (χ0v) is 13.9. The van der Waals surface area contributed by atoms with Gasteiger partial charge in [-0.2, -0.15) is 0 Å². The normalized spacial score (nSPS) is 19.0. The van der Waals surface area contributed by atoms with Crippen molar-refractivity contribution in [2.45, 2.75) is 37.6 Å². The molecule has 0 bridgehead atoms. The molecule has 0 amide bonds. The zero-order chi connectivity index (χ0) is 16.0. The number of carbonyl (C=O) groups is 1. The van der Waals surface area contributed by atoms with Gasteiger partial charge in [0, 0.05) is 12.6 Å². The van der Waals surface area contributed by atoms with Crippen molar-refractivity contribution in [2.24, 2.45) is 0 Å². The average molecular weight is 311 g/mol. The Bertz CT molecular complexity index is 692. The molecule has 0 unspecified atom stereocenters. The van der Waals surface area contributed by atoms with Crippen molar-refractivity contribution in [1.29, 1.82) is 0 Å². The number of ether oxygens (including phenoxy) is 1. The minimum absolute atomic E-state index is 0.0234. The average Bonchev–Trinajstić information content (AvgIpc) is 2.41. The van der Waals surface area contributed by atoms with E-state index in [-0.39, 0.29) is 10.6 Å². The molecule has 0 fully saturated rings. The van der Waals surface area contributed by atoms with Gasteiger partial charge in [-0.1, -0.05) is 6.92 Å². The predicted molar refractivity (Wildman–Crippen MR) is 81.7 cm³/mol. The molecule has 0 radical (unpaired) electrons. The summed E-state index contributed by atoms with van der Waals surface area (Å²) in [7, 11) is -0.245. The van der Waals surface area contributed by atoms with E-state index in [9.17, 15) is 13.2 Å². The van der Waals surface area contributed by atoms with Crippen LogP contribution in [-0.2, 0) is 21.0 Å². The Balaban J connectivity index is 2.77. The first-order valence-corrected chi connectivity index (χ1v) is 8.51. The minimum Gasteiger partial charge on any atom is -0.465 e. The van der Waals surface area contributed by atoms with Gasteiger partial charge in [-0.15, -0.1) is 0 Å². The Morgan fingerprint density at radius 2 is 2.00 bits per heavy atom. The van der Waals surface area contributed by atoms with Crippen molar-refractivity contribution in [3.05, 3.63) is 23.3 Å². The summed E-state index contributed by atoms with van der Waals surface area (Å²) < 4.78 is 29.8. The molecule has 1 heterocycles. The van der Waals surface area contributed by atoms with E-state index in [1.807, 2.05) is 32.7 Å². The van der Waals surface area contributed by atoms with Gasteiger partial charge < -0.3 is 9.64 Å². The molecule has 0 spiro atoms. The Kier molecular flexibility index (Phi) is 3.78. The molecular formula is C15H21NO4S. The van der Waals surface area contributed by atoms with Crippen molar-refractivity contribution in [3.8, 4) is 0 Å². The lowest BCUT2D eigenvalue weighted by atomic mass is 10.00. The second-order valence-electron chi connectivity index (χ2n) is 5.95. The molecule has 1 aliphatic rings. The predicted octanol–water partition coefficient (Wildman–Crippen LogP) is 2.04. The number of esters is 1. The number of anilines is 1. The lowest BCUT2D eigenvalue weighted by Gasteiger charge is -2.42. The van der Waals surface area contributed by atoms with Crippen LogP contribution in [0.2, 0.25) is 0 Å². The summed E-state index contributed by atoms with van der Waals surface area (Å²) in [4.78, 5) is 14.0. The number of carbonyl (C=O) groups excluding carboxylic acids is 1. The lowest BCUT2D eigenvalue weighted by molar-refractivity contribution is 0.0599. The highest BCUT2D eigenvalue weighted by molar-refractivity contribution is 7.91. The van der Waals surface area contributed by atoms with E-state index in [2.05, 4.69) is 0 Å². The number of hydrogen-bond donors (Lipinski definition) is 0. The summed E-state index contributed by atoms with van der Waals surface area (Å²) >= 11 is 0. The molecule has 0 N–H and O–H groups in total. The maximum Gasteiger partial charge on any atom is 0.338 e. The number of hydrogen-bond acceptors (Lipinski definition) is 5. The van der Waals surface area contributed by atoms with E-state index in [0.717, 1.165) is 5.56 Å². The second-order valence-corrected chi connectivity index (χ2v) is 7.91. The summed E-state index contributed by atoms with van der Waals surface area (Å²) in [6.45, 7) is 5.72. The standard InChI is InChI=1S/C15H21NO4S/c1-6-10-7-12-13(8-11(10)14(17)20-5)21(18,19)9-15(2,3)16(12)4/h7-8H,6,9H2,1-5H3. The van der Waals surface area contributed by atoms with Crippen LogP contribution in [0.25, 0.3) is 0 Å². The zero-order valence-electron chi connectivity index (χ0n) is 13.1. The van der Waals surface area contributed by atoms with Crippen LogP contribution in [0.1, 0.15) is 36.7 Å². The Morgan fingerprint density at radius 3 is 2.52 bits per heavy atom. The van der Waals surface area contributed by atoms with Gasteiger partial charge in [-0.25, -0.2) is 13.2 Å². The third-order valence-corrected chi connectivity index (χ3v) is 6.20. The second kappa shape index (κ2) is 5.02. The fourth-order valence-electron chi connectivity index (χ4n) is 2.68. The van der Waals surface area contributed by atoms with Gasteiger partial charge in [0.05, 0.1) is 29.0 Å². The fourth-order valence-corrected chi connectivity index (χ4v) is 4.77. The van der Waals surface area contributed by atoms with E-state index in [0.29, 0.717) is 17.7 Å². The molecular weight excluding hydrogens is 290 g/mol. The van der Waals surface area contributed by atoms with Gasteiger partial charge in [0.1, 0.15) is 0 Å². The Hall–Kier alpha value is -1.56. The van der Waals surface area contributed by atoms with Crippen LogP contribution in [0, 0.1) is 0 Å². The fraction of sp³-hybridized carbons (Fsp3) is 0.533. The highest BCUT2D eigenvalue weighted by Crippen LogP contribution is 2.39. The van der Waals surface area contributed by atoms with Crippen molar-refractivity contribution < 1.29 is 17.9 Å². The molecule has 1 aromatic rings. The molecule has 2 rings (SSSR count). The van der Waals surface area contributed by atoms with Gasteiger partial charge in [-0.05, 0) is 38.0 Å². The Labute approximate surface area is 125 Å². The summed E-state index contributed by atoms with van der Waals surface area (Å²) in [6.07, 6.45) is 0.631. The van der Waals surface area contributed by atoms with Crippen LogP contribution in [0.5, 0.6) is 0 Å². The third-order valence-electron chi connectivity index (χ3n) is 4.12. The van der Waals surface area contributed by atoms with Gasteiger partial charge in [-0.3, -0.25) is 0 Å². The quantitative estimate of drug-likeness (QED) is 0.782. The molecule has 1 aliphatic heterocycles. The molecule has 5 nitrogen and oxygen atoms in total. The van der Waals surface area contributed by atoms with Gasteiger partial charge in [0.2, 0.25) is 0 Å². The smallest absolute Gasteiger partial charge is 0.338 e. The number of fused-ring (bicyclic) bond motifs is 1. The largest absolute Gasteiger partial charge is 0.465 e. The first kappa shape index (κ1) is 15.8. The molecule has 6 heteroatoms. The van der Waals surface area contributed by atoms with Crippen molar-refractivity contribution in [1.82, 2.24) is 0 Å². The number of nitrogens with zero attached hydrogens (tertiary/aromatic N) is 1. The van der Waals surface area contributed by atoms with E-state index < -0.39 is 21.3 Å². The topological polar surface area (TPSA) is 63.7 Å². The molecule has 21 heavy (non-hydrogen) atoms. The van der Waals surface area contributed by atoms with Crippen LogP contribution in [0.4, 0.5) is 5.69 Å². The summed E-state index contributed by atoms with van der Waals surface area (Å²) in [5.41, 5.74) is 1.29. The van der Waals surface area contributed by atoms with Crippen LogP contribution < -0.4 is 4.90 Å². The van der Waals surface area contributed by atoms with E-state index in [4.69, 9.17) is 4.74 Å². The van der Waals surface area contributed by atoms with Crippen LogP contribution >= 0.6 is 0 Å². The van der Waals surface area contributed by atoms with Crippen molar-refractivity contribution >= 4 is 21.5 Å². The number of sulfone groups is 1. The third kappa shape index (κ3) is 2.52. The number of aryl methyl sites for hydroxylation is 1. The molecule has 0 aliphatic carbocycles. The summed E-state index contributed by atoms with van der Waals surface area (Å²) in [6, 6.07) is 3.25. The number of methoxy groups -OCH3 is 1. The SMILES string of the molecule is CCc1cc2c(cc1C(=O)OC)S(=O)(=O)CC(C)(C)N2C. The van der Waals surface area contributed by atoms with Crippen molar-refractivity contribution in [3.63, 3.8) is 0 Å². The summed E-state index contributed by atoms with van der Waals surface area (Å²) in [5.74, 6) is -0.479. The van der Waals surface area contributed by atoms with Crippen LogP contribution in [-0.4, -0.2) is 39.8 Å². The Morgan fingerprint density at radius 1 is 1.38 bits per heavy atom. The minimum atomic E-state index is -3.42. The maximum atomic E-state index is 12.5. The first-order valence-electron chi connectivity index (χ1n) is 6.86. The molecule has 0 aromatic heterocycles. The highest BCUT2D eigenvalue weighted by atomic mass is 32.2. The van der Waals surface area contributed by atoms with Crippen molar-refractivity contribution in [2.75, 3.05) is 24.8 Å². The van der Waals surface area contributed by atoms with Crippen LogP contribution in [0.15, 0.2) is 17.0 Å². The van der Waals surface area contributed by atoms with E-state index in [1.165, 1.54) is 13.2 Å². The monoisotopic (exact) mass is 311 g/mol. The molecule has 1 aromatic carbocycles. The molecule has 0 saturated heterocycles. The number of benzene rings is 1. The first-order chi connectivity index (χ1) is 9.64. The lowest BCUT2D eigenvalue weighted by Crippen LogP contribution is -2.50. The number of rotatable bonds is 2. The van der Waals surface area contributed by atoms with Gasteiger partial charge in [0.25, 0.3) is 0 Å². The van der Waals surface area contributed by atoms with E-state index >= 15 is 0 Å². The summed E-state index contributed by atoms with van der Waals surface area (Å²) in [5, 5.41) is 0. The molecule has 0 atom stereocenters. The molecule has 0 saturated carbocycles. The molecule has 116 valence electrons. The van der Waals surface area contributed by atoms with Crippen LogP contribution in [0.3, 0.4) is 0 Å². The highest BCUT2D eigenvalue weighted by Gasteiger charge is 2.40. The van der Waals surface area contributed by atoms with Gasteiger partial charge in [0.15, 0.2) is 9.84 Å².